The van der Waals surface area contributed by atoms with E-state index < -0.39 is 11.8 Å². The second-order valence-corrected chi connectivity index (χ2v) is 3.38. The molecule has 0 saturated carbocycles. The van der Waals surface area contributed by atoms with Crippen LogP contribution in [-0.2, 0) is 9.53 Å². The molecule has 0 saturated heterocycles. The summed E-state index contributed by atoms with van der Waals surface area (Å²) < 4.78 is 9.75. The molecule has 88 valence electrons. The molecule has 0 radical (unpaired) electrons. The largest absolute Gasteiger partial charge is 0.508 e. The number of phenolic OH excluding ortho intramolecular Hbond substituents is 1. The van der Waals surface area contributed by atoms with Crippen molar-refractivity contribution in [1.29, 1.82) is 0 Å². The van der Waals surface area contributed by atoms with Crippen molar-refractivity contribution < 1.29 is 23.8 Å². The van der Waals surface area contributed by atoms with Crippen LogP contribution < -0.4 is 0 Å². The van der Waals surface area contributed by atoms with E-state index in [0.29, 0.717) is 11.0 Å². The Morgan fingerprint density at radius 2 is 2.12 bits per heavy atom. The predicted octanol–water partition coefficient (Wildman–Crippen LogP) is 1.88. The van der Waals surface area contributed by atoms with E-state index in [-0.39, 0.29) is 18.1 Å². The minimum atomic E-state index is -0.948. The van der Waals surface area contributed by atoms with Gasteiger partial charge in [-0.15, -0.1) is 0 Å². The van der Waals surface area contributed by atoms with Gasteiger partial charge in [0.1, 0.15) is 11.3 Å². The van der Waals surface area contributed by atoms with Gasteiger partial charge in [-0.2, -0.15) is 0 Å². The molecule has 0 atom stereocenters. The van der Waals surface area contributed by atoms with Crippen molar-refractivity contribution in [3.63, 3.8) is 0 Å². The van der Waals surface area contributed by atoms with E-state index in [1.807, 2.05) is 0 Å². The molecule has 2 aromatic rings. The maximum absolute atomic E-state index is 11.6. The van der Waals surface area contributed by atoms with Crippen molar-refractivity contribution in [1.82, 2.24) is 0 Å². The number of benzene rings is 1. The molecule has 0 unspecified atom stereocenters. The van der Waals surface area contributed by atoms with E-state index in [9.17, 15) is 14.7 Å². The van der Waals surface area contributed by atoms with Crippen LogP contribution in [0.2, 0.25) is 0 Å². The smallest absolute Gasteiger partial charge is 0.383 e. The third-order valence-electron chi connectivity index (χ3n) is 2.19. The number of ether oxygens (including phenoxy) is 1. The highest BCUT2D eigenvalue weighted by molar-refractivity contribution is 6.40. The second-order valence-electron chi connectivity index (χ2n) is 3.38. The van der Waals surface area contributed by atoms with Crippen molar-refractivity contribution in [3.05, 3.63) is 30.0 Å². The molecule has 0 fully saturated rings. The van der Waals surface area contributed by atoms with Crippen LogP contribution >= 0.6 is 0 Å². The van der Waals surface area contributed by atoms with E-state index in [1.165, 1.54) is 18.2 Å². The first-order chi connectivity index (χ1) is 8.11. The van der Waals surface area contributed by atoms with Crippen LogP contribution in [0.25, 0.3) is 11.0 Å². The average Bonchev–Trinajstić information content (AvgIpc) is 2.71. The molecule has 1 N–H and O–H groups in total. The number of ketones is 1. The third kappa shape index (κ3) is 2.13. The lowest BCUT2D eigenvalue weighted by molar-refractivity contribution is -0.137. The fraction of sp³-hybridized carbons (Fsp3) is 0.167. The zero-order valence-electron chi connectivity index (χ0n) is 9.10. The van der Waals surface area contributed by atoms with Crippen LogP contribution in [0.1, 0.15) is 17.5 Å². The molecule has 0 spiro atoms. The first-order valence-corrected chi connectivity index (χ1v) is 5.06. The van der Waals surface area contributed by atoms with E-state index in [4.69, 9.17) is 4.42 Å². The van der Waals surface area contributed by atoms with Crippen LogP contribution in [0.4, 0.5) is 0 Å². The molecule has 1 heterocycles. The Hall–Kier alpha value is -2.30. The summed E-state index contributed by atoms with van der Waals surface area (Å²) in [7, 11) is 0. The van der Waals surface area contributed by atoms with Gasteiger partial charge in [-0.05, 0) is 25.1 Å². The summed E-state index contributed by atoms with van der Waals surface area (Å²) in [5.41, 5.74) is 0.345. The molecule has 5 heteroatoms. The zero-order chi connectivity index (χ0) is 12.4. The van der Waals surface area contributed by atoms with Gasteiger partial charge in [0.15, 0.2) is 5.76 Å². The number of fused-ring (bicyclic) bond motifs is 1. The average molecular weight is 234 g/mol. The number of carbonyl (C=O) groups excluding carboxylic acids is 2. The minimum Gasteiger partial charge on any atom is -0.508 e. The highest BCUT2D eigenvalue weighted by Gasteiger charge is 2.21. The topological polar surface area (TPSA) is 76.7 Å². The first kappa shape index (κ1) is 11.2. The van der Waals surface area contributed by atoms with Crippen LogP contribution in [0.5, 0.6) is 5.75 Å². The standard InChI is InChI=1S/C12H10O5/c1-2-16-12(15)11(14)10-5-7-3-4-8(13)6-9(7)17-10/h3-6,13H,2H2,1H3. The summed E-state index contributed by atoms with van der Waals surface area (Å²) in [6.07, 6.45) is 0. The maximum atomic E-state index is 11.6. The molecule has 17 heavy (non-hydrogen) atoms. The Bertz CT molecular complexity index is 582. The Morgan fingerprint density at radius 3 is 2.82 bits per heavy atom. The maximum Gasteiger partial charge on any atom is 0.383 e. The van der Waals surface area contributed by atoms with Crippen molar-refractivity contribution >= 4 is 22.7 Å². The van der Waals surface area contributed by atoms with E-state index >= 15 is 0 Å². The van der Waals surface area contributed by atoms with Crippen LogP contribution in [0.15, 0.2) is 28.7 Å². The molecule has 1 aromatic heterocycles. The number of hydrogen-bond donors (Lipinski definition) is 1. The summed E-state index contributed by atoms with van der Waals surface area (Å²) in [6, 6.07) is 5.87. The van der Waals surface area contributed by atoms with Gasteiger partial charge in [-0.25, -0.2) is 4.79 Å². The molecule has 2 rings (SSSR count). The number of Topliss-reactive ketones (excluding diaryl/α,β-unsaturated/α-hetero) is 1. The Morgan fingerprint density at radius 1 is 1.35 bits per heavy atom. The monoisotopic (exact) mass is 234 g/mol. The Kier molecular flexibility index (Phi) is 2.82. The number of esters is 1. The van der Waals surface area contributed by atoms with E-state index in [1.54, 1.807) is 13.0 Å². The first-order valence-electron chi connectivity index (χ1n) is 5.06. The van der Waals surface area contributed by atoms with Crippen molar-refractivity contribution in [2.75, 3.05) is 6.61 Å². The predicted molar refractivity (Wildman–Crippen MR) is 58.8 cm³/mol. The van der Waals surface area contributed by atoms with E-state index in [0.717, 1.165) is 0 Å². The summed E-state index contributed by atoms with van der Waals surface area (Å²) in [6.45, 7) is 1.74. The molecule has 0 aliphatic rings. The van der Waals surface area contributed by atoms with Gasteiger partial charge < -0.3 is 14.3 Å². The number of phenols is 1. The molecule has 0 aliphatic heterocycles. The van der Waals surface area contributed by atoms with E-state index in [2.05, 4.69) is 4.74 Å². The fourth-order valence-electron chi connectivity index (χ4n) is 1.43. The number of rotatable bonds is 3. The minimum absolute atomic E-state index is 0.0296. The number of furan rings is 1. The van der Waals surface area contributed by atoms with Crippen molar-refractivity contribution in [3.8, 4) is 5.75 Å². The molecule has 0 aliphatic carbocycles. The highest BCUT2D eigenvalue weighted by Crippen LogP contribution is 2.23. The molecule has 1 aromatic carbocycles. The third-order valence-corrected chi connectivity index (χ3v) is 2.19. The Labute approximate surface area is 96.6 Å². The number of carbonyl (C=O) groups is 2. The fourth-order valence-corrected chi connectivity index (χ4v) is 1.43. The van der Waals surface area contributed by atoms with Gasteiger partial charge in [0.25, 0.3) is 0 Å². The molecule has 0 amide bonds. The quantitative estimate of drug-likeness (QED) is 0.498. The SMILES string of the molecule is CCOC(=O)C(=O)c1cc2ccc(O)cc2o1. The number of aromatic hydroxyl groups is 1. The normalized spacial score (nSPS) is 10.4. The molecule has 0 bridgehead atoms. The van der Waals surface area contributed by atoms with Crippen LogP contribution in [0.3, 0.4) is 0 Å². The van der Waals surface area contributed by atoms with Crippen LogP contribution in [0, 0.1) is 0 Å². The van der Waals surface area contributed by atoms with Gasteiger partial charge >= 0.3 is 11.8 Å². The summed E-state index contributed by atoms with van der Waals surface area (Å²) in [4.78, 5) is 22.8. The molecular weight excluding hydrogens is 224 g/mol. The summed E-state index contributed by atoms with van der Waals surface area (Å²) in [5.74, 6) is -1.84. The van der Waals surface area contributed by atoms with Gasteiger partial charge in [-0.1, -0.05) is 0 Å². The summed E-state index contributed by atoms with van der Waals surface area (Å²) >= 11 is 0. The van der Waals surface area contributed by atoms with Crippen molar-refractivity contribution in [2.45, 2.75) is 6.92 Å². The van der Waals surface area contributed by atoms with Crippen molar-refractivity contribution in [2.24, 2.45) is 0 Å². The number of hydrogen-bond acceptors (Lipinski definition) is 5. The molecular formula is C12H10O5. The summed E-state index contributed by atoms with van der Waals surface area (Å²) in [5, 5.41) is 9.87. The van der Waals surface area contributed by atoms with Gasteiger partial charge in [0.05, 0.1) is 6.61 Å². The Balaban J connectivity index is 2.36. The lowest BCUT2D eigenvalue weighted by Gasteiger charge is -1.96. The molecule has 5 nitrogen and oxygen atoms in total. The highest BCUT2D eigenvalue weighted by atomic mass is 16.5. The van der Waals surface area contributed by atoms with Gasteiger partial charge in [0, 0.05) is 11.5 Å². The van der Waals surface area contributed by atoms with Gasteiger partial charge in [-0.3, -0.25) is 4.79 Å². The zero-order valence-corrected chi connectivity index (χ0v) is 9.10. The van der Waals surface area contributed by atoms with Gasteiger partial charge in [0.2, 0.25) is 0 Å². The van der Waals surface area contributed by atoms with Crippen LogP contribution in [-0.4, -0.2) is 23.5 Å². The lowest BCUT2D eigenvalue weighted by Crippen LogP contribution is -2.16. The second kappa shape index (κ2) is 4.29. The lowest BCUT2D eigenvalue weighted by atomic mass is 10.2.